The molecule has 0 unspecified atom stereocenters. The lowest BCUT2D eigenvalue weighted by Gasteiger charge is -2.15. The van der Waals surface area contributed by atoms with Gasteiger partial charge in [0.25, 0.3) is 0 Å². The summed E-state index contributed by atoms with van der Waals surface area (Å²) >= 11 is 3.16. The Kier molecular flexibility index (Phi) is 4.32. The van der Waals surface area contributed by atoms with Gasteiger partial charge in [-0.25, -0.2) is 4.79 Å². The van der Waals surface area contributed by atoms with Crippen molar-refractivity contribution in [3.05, 3.63) is 11.1 Å². The summed E-state index contributed by atoms with van der Waals surface area (Å²) < 4.78 is 5.26. The molecule has 0 aromatic heterocycles. The van der Waals surface area contributed by atoms with Crippen LogP contribution in [0.1, 0.15) is 19.3 Å². The molecule has 1 rings (SSSR count). The van der Waals surface area contributed by atoms with Crippen molar-refractivity contribution >= 4 is 27.8 Å². The fourth-order valence-electron chi connectivity index (χ4n) is 1.19. The number of nitrogens with one attached hydrogen (secondary N) is 1. The second-order valence-electron chi connectivity index (χ2n) is 3.58. The van der Waals surface area contributed by atoms with Gasteiger partial charge in [-0.1, -0.05) is 22.5 Å². The van der Waals surface area contributed by atoms with Crippen LogP contribution in [0.2, 0.25) is 0 Å². The molecule has 1 atom stereocenters. The van der Waals surface area contributed by atoms with Crippen LogP contribution in [-0.2, 0) is 14.3 Å². The Morgan fingerprint density at radius 1 is 1.60 bits per heavy atom. The minimum absolute atomic E-state index is 0.0702. The van der Waals surface area contributed by atoms with E-state index in [1.54, 1.807) is 0 Å². The number of esters is 1. The second-order valence-corrected chi connectivity index (χ2v) is 4.70. The van der Waals surface area contributed by atoms with Crippen molar-refractivity contribution in [2.75, 3.05) is 7.11 Å². The first-order valence-corrected chi connectivity index (χ1v) is 5.55. The molecule has 1 aliphatic rings. The van der Waals surface area contributed by atoms with Crippen molar-refractivity contribution in [3.8, 4) is 0 Å². The second kappa shape index (κ2) is 5.30. The zero-order valence-electron chi connectivity index (χ0n) is 8.59. The van der Waals surface area contributed by atoms with E-state index in [0.717, 1.165) is 12.8 Å². The SMILES string of the molecule is C=C(Br)C[C@H](NC(=O)C1CC1)C(=O)OC. The van der Waals surface area contributed by atoms with Crippen molar-refractivity contribution in [3.63, 3.8) is 0 Å². The summed E-state index contributed by atoms with van der Waals surface area (Å²) in [6, 6.07) is -0.630. The number of amides is 1. The van der Waals surface area contributed by atoms with Crippen LogP contribution in [0, 0.1) is 5.92 Å². The molecule has 1 amide bonds. The van der Waals surface area contributed by atoms with Gasteiger partial charge < -0.3 is 10.1 Å². The Morgan fingerprint density at radius 3 is 2.60 bits per heavy atom. The molecular formula is C10H14BrNO3. The number of hydrogen-bond donors (Lipinski definition) is 1. The standard InChI is InChI=1S/C10H14BrNO3/c1-6(11)5-8(10(14)15-2)12-9(13)7-3-4-7/h7-8H,1,3-5H2,2H3,(H,12,13)/t8-/m0/s1. The van der Waals surface area contributed by atoms with Crippen LogP contribution in [0.4, 0.5) is 0 Å². The van der Waals surface area contributed by atoms with Crippen LogP contribution >= 0.6 is 15.9 Å². The van der Waals surface area contributed by atoms with E-state index >= 15 is 0 Å². The third-order valence-corrected chi connectivity index (χ3v) is 2.50. The summed E-state index contributed by atoms with van der Waals surface area (Å²) in [4.78, 5) is 22.8. The summed E-state index contributed by atoms with van der Waals surface area (Å²) in [6.45, 7) is 3.64. The smallest absolute Gasteiger partial charge is 0.328 e. The van der Waals surface area contributed by atoms with Crippen LogP contribution < -0.4 is 5.32 Å². The molecule has 0 bridgehead atoms. The Morgan fingerprint density at radius 2 is 2.20 bits per heavy atom. The minimum atomic E-state index is -0.630. The predicted octanol–water partition coefficient (Wildman–Crippen LogP) is 1.35. The Bertz CT molecular complexity index is 286. The number of carbonyl (C=O) groups is 2. The van der Waals surface area contributed by atoms with Crippen molar-refractivity contribution in [1.29, 1.82) is 0 Å². The third-order valence-electron chi connectivity index (χ3n) is 2.18. The fraction of sp³-hybridized carbons (Fsp3) is 0.600. The topological polar surface area (TPSA) is 55.4 Å². The quantitative estimate of drug-likeness (QED) is 0.771. The lowest BCUT2D eigenvalue weighted by Crippen LogP contribution is -2.42. The van der Waals surface area contributed by atoms with Gasteiger partial charge >= 0.3 is 5.97 Å². The molecule has 0 aromatic carbocycles. The van der Waals surface area contributed by atoms with Crippen LogP contribution in [0.3, 0.4) is 0 Å². The van der Waals surface area contributed by atoms with Gasteiger partial charge in [0.2, 0.25) is 5.91 Å². The van der Waals surface area contributed by atoms with Gasteiger partial charge in [0.05, 0.1) is 7.11 Å². The third kappa shape index (κ3) is 4.03. The molecule has 84 valence electrons. The van der Waals surface area contributed by atoms with E-state index in [2.05, 4.69) is 32.6 Å². The van der Waals surface area contributed by atoms with E-state index in [4.69, 9.17) is 0 Å². The number of methoxy groups -OCH3 is 1. The van der Waals surface area contributed by atoms with E-state index in [0.29, 0.717) is 10.9 Å². The van der Waals surface area contributed by atoms with Gasteiger partial charge in [0.1, 0.15) is 6.04 Å². The van der Waals surface area contributed by atoms with Crippen LogP contribution in [-0.4, -0.2) is 25.0 Å². The van der Waals surface area contributed by atoms with Gasteiger partial charge in [0.15, 0.2) is 0 Å². The molecule has 5 heteroatoms. The van der Waals surface area contributed by atoms with Crippen LogP contribution in [0.25, 0.3) is 0 Å². The summed E-state index contributed by atoms with van der Waals surface area (Å²) in [7, 11) is 1.30. The molecule has 1 N–H and O–H groups in total. The highest BCUT2D eigenvalue weighted by atomic mass is 79.9. The number of hydrogen-bond acceptors (Lipinski definition) is 3. The van der Waals surface area contributed by atoms with E-state index in [1.807, 2.05) is 0 Å². The largest absolute Gasteiger partial charge is 0.467 e. The Balaban J connectivity index is 2.50. The first-order valence-electron chi connectivity index (χ1n) is 4.76. The van der Waals surface area contributed by atoms with Crippen molar-refractivity contribution in [2.24, 2.45) is 5.92 Å². The first kappa shape index (κ1) is 12.2. The van der Waals surface area contributed by atoms with Crippen molar-refractivity contribution in [2.45, 2.75) is 25.3 Å². The molecule has 4 nitrogen and oxygen atoms in total. The first-order chi connectivity index (χ1) is 7.04. The number of halogens is 1. The summed E-state index contributed by atoms with van der Waals surface area (Å²) in [5, 5.41) is 2.66. The van der Waals surface area contributed by atoms with E-state index in [9.17, 15) is 9.59 Å². The maximum atomic E-state index is 11.5. The van der Waals surface area contributed by atoms with Crippen molar-refractivity contribution in [1.82, 2.24) is 5.32 Å². The maximum Gasteiger partial charge on any atom is 0.328 e. The van der Waals surface area contributed by atoms with E-state index in [1.165, 1.54) is 7.11 Å². The molecule has 15 heavy (non-hydrogen) atoms. The van der Waals surface area contributed by atoms with Crippen molar-refractivity contribution < 1.29 is 14.3 Å². The molecule has 1 aliphatic carbocycles. The lowest BCUT2D eigenvalue weighted by atomic mass is 10.2. The molecule has 1 saturated carbocycles. The minimum Gasteiger partial charge on any atom is -0.467 e. The zero-order valence-corrected chi connectivity index (χ0v) is 10.2. The summed E-state index contributed by atoms with van der Waals surface area (Å²) in [5.41, 5.74) is 0. The van der Waals surface area contributed by atoms with Gasteiger partial charge in [-0.2, -0.15) is 0 Å². The van der Waals surface area contributed by atoms with E-state index in [-0.39, 0.29) is 11.8 Å². The Hall–Kier alpha value is -0.840. The van der Waals surface area contributed by atoms with Gasteiger partial charge in [-0.3, -0.25) is 4.79 Å². The van der Waals surface area contributed by atoms with Gasteiger partial charge in [0, 0.05) is 12.3 Å². The molecule has 0 spiro atoms. The molecule has 0 aromatic rings. The monoisotopic (exact) mass is 275 g/mol. The average molecular weight is 276 g/mol. The molecule has 0 radical (unpaired) electrons. The highest BCUT2D eigenvalue weighted by Crippen LogP contribution is 2.29. The Labute approximate surface area is 97.2 Å². The number of rotatable bonds is 5. The number of carbonyl (C=O) groups excluding carboxylic acids is 2. The maximum absolute atomic E-state index is 11.5. The highest BCUT2D eigenvalue weighted by Gasteiger charge is 2.32. The average Bonchev–Trinajstić information content (AvgIpc) is 2.97. The fourth-order valence-corrected chi connectivity index (χ4v) is 1.52. The van der Waals surface area contributed by atoms with Gasteiger partial charge in [-0.15, -0.1) is 0 Å². The zero-order chi connectivity index (χ0) is 11.4. The highest BCUT2D eigenvalue weighted by molar-refractivity contribution is 9.11. The summed E-state index contributed by atoms with van der Waals surface area (Å²) in [6.07, 6.45) is 2.18. The van der Waals surface area contributed by atoms with Gasteiger partial charge in [-0.05, 0) is 17.3 Å². The predicted molar refractivity (Wildman–Crippen MR) is 59.4 cm³/mol. The lowest BCUT2D eigenvalue weighted by molar-refractivity contribution is -0.145. The summed E-state index contributed by atoms with van der Waals surface area (Å²) in [5.74, 6) is -0.426. The van der Waals surface area contributed by atoms with Crippen LogP contribution in [0.15, 0.2) is 11.1 Å². The molecule has 0 heterocycles. The van der Waals surface area contributed by atoms with E-state index < -0.39 is 12.0 Å². The number of ether oxygens (including phenoxy) is 1. The molecule has 0 saturated heterocycles. The normalized spacial score (nSPS) is 16.7. The van der Waals surface area contributed by atoms with Crippen LogP contribution in [0.5, 0.6) is 0 Å². The molecule has 1 fully saturated rings. The molecular weight excluding hydrogens is 262 g/mol. The molecule has 0 aliphatic heterocycles.